The minimum atomic E-state index is -0.730. The maximum absolute atomic E-state index is 10.2. The van der Waals surface area contributed by atoms with Gasteiger partial charge in [0.2, 0.25) is 0 Å². The van der Waals surface area contributed by atoms with Crippen LogP contribution in [-0.2, 0) is 23.7 Å². The maximum atomic E-state index is 10.2. The fourth-order valence-electron chi connectivity index (χ4n) is 2.62. The van der Waals surface area contributed by atoms with E-state index in [-0.39, 0.29) is 12.7 Å². The summed E-state index contributed by atoms with van der Waals surface area (Å²) in [7, 11) is 0. The smallest absolute Gasteiger partial charge is 0.163 e. The summed E-state index contributed by atoms with van der Waals surface area (Å²) in [5, 5.41) is 10.2. The molecule has 0 aromatic heterocycles. The maximum Gasteiger partial charge on any atom is 0.163 e. The first kappa shape index (κ1) is 13.7. The summed E-state index contributed by atoms with van der Waals surface area (Å²) < 4.78 is 28.4. The number of hydrogen-bond acceptors (Lipinski definition) is 6. The molecule has 3 fully saturated rings. The van der Waals surface area contributed by atoms with Crippen LogP contribution in [0.25, 0.3) is 0 Å². The Morgan fingerprint density at radius 2 is 1.47 bits per heavy atom. The molecule has 0 aromatic carbocycles. The van der Waals surface area contributed by atoms with Crippen molar-refractivity contribution in [1.29, 1.82) is 0 Å². The number of ether oxygens (including phenoxy) is 5. The number of rotatable bonds is 1. The van der Waals surface area contributed by atoms with Crippen LogP contribution < -0.4 is 0 Å². The molecule has 3 rings (SSSR count). The van der Waals surface area contributed by atoms with Crippen molar-refractivity contribution in [2.45, 2.75) is 63.2 Å². The third-order valence-electron chi connectivity index (χ3n) is 3.81. The van der Waals surface area contributed by atoms with Gasteiger partial charge >= 0.3 is 0 Å². The topological polar surface area (TPSA) is 69.7 Å². The predicted molar refractivity (Wildman–Crippen MR) is 64.5 cm³/mol. The Morgan fingerprint density at radius 1 is 0.895 bits per heavy atom. The predicted octanol–water partition coefficient (Wildman–Crippen LogP) is 0.419. The van der Waals surface area contributed by atoms with E-state index in [2.05, 4.69) is 0 Å². The van der Waals surface area contributed by atoms with Crippen LogP contribution in [-0.4, -0.2) is 60.4 Å². The lowest BCUT2D eigenvalue weighted by Gasteiger charge is -2.48. The van der Waals surface area contributed by atoms with Gasteiger partial charge in [0.1, 0.15) is 23.9 Å². The normalized spacial score (nSPS) is 48.2. The molecule has 1 spiro atoms. The molecule has 1 N–H and O–H groups in total. The molecule has 0 aromatic rings. The molecule has 0 bridgehead atoms. The third-order valence-corrected chi connectivity index (χ3v) is 3.81. The van der Waals surface area contributed by atoms with Crippen molar-refractivity contribution in [2.75, 3.05) is 19.8 Å². The summed E-state index contributed by atoms with van der Waals surface area (Å²) in [5.41, 5.74) is -0.478. The summed E-state index contributed by atoms with van der Waals surface area (Å²) in [6, 6.07) is 0. The molecule has 6 nitrogen and oxygen atoms in total. The molecule has 0 saturated carbocycles. The molecule has 6 heteroatoms. The highest BCUT2D eigenvalue weighted by Gasteiger charge is 2.63. The fraction of sp³-hybridized carbons (Fsp3) is 1.00. The summed E-state index contributed by atoms with van der Waals surface area (Å²) >= 11 is 0. The highest BCUT2D eigenvalue weighted by molar-refractivity contribution is 5.07. The minimum absolute atomic E-state index is 0.231. The fourth-order valence-corrected chi connectivity index (χ4v) is 2.62. The van der Waals surface area contributed by atoms with E-state index in [1.54, 1.807) is 0 Å². The van der Waals surface area contributed by atoms with E-state index in [1.165, 1.54) is 0 Å². The van der Waals surface area contributed by atoms with Gasteiger partial charge in [-0.05, 0) is 27.7 Å². The minimum Gasteiger partial charge on any atom is -0.388 e. The second-order valence-electron chi connectivity index (χ2n) is 6.44. The van der Waals surface area contributed by atoms with Crippen LogP contribution in [0.4, 0.5) is 0 Å². The van der Waals surface area contributed by atoms with Gasteiger partial charge in [0.05, 0.1) is 19.8 Å². The van der Waals surface area contributed by atoms with E-state index < -0.39 is 29.4 Å². The number of epoxide rings is 1. The Hall–Kier alpha value is -0.240. The standard InChI is InChI=1S/C13H22O6/c1-11(2)15-5-8(14)9(18-11)10-13(7-17-13)6-16-12(3,4)19-10/h8-10,14H,5-7H2,1-4H3. The monoisotopic (exact) mass is 274 g/mol. The van der Waals surface area contributed by atoms with Crippen molar-refractivity contribution in [3.63, 3.8) is 0 Å². The summed E-state index contributed by atoms with van der Waals surface area (Å²) in [5.74, 6) is -1.43. The number of hydrogen-bond donors (Lipinski definition) is 1. The first-order chi connectivity index (χ1) is 8.73. The van der Waals surface area contributed by atoms with Crippen LogP contribution >= 0.6 is 0 Å². The van der Waals surface area contributed by atoms with Crippen molar-refractivity contribution in [1.82, 2.24) is 0 Å². The molecule has 3 heterocycles. The van der Waals surface area contributed by atoms with Crippen LogP contribution in [0.2, 0.25) is 0 Å². The third kappa shape index (κ3) is 2.53. The van der Waals surface area contributed by atoms with E-state index in [1.807, 2.05) is 27.7 Å². The van der Waals surface area contributed by atoms with E-state index in [4.69, 9.17) is 23.7 Å². The molecule has 3 aliphatic rings. The average molecular weight is 274 g/mol. The van der Waals surface area contributed by atoms with Gasteiger partial charge in [-0.2, -0.15) is 0 Å². The van der Waals surface area contributed by atoms with Crippen LogP contribution in [0, 0.1) is 0 Å². The second-order valence-corrected chi connectivity index (χ2v) is 6.44. The van der Waals surface area contributed by atoms with Crippen molar-refractivity contribution in [3.05, 3.63) is 0 Å². The quantitative estimate of drug-likeness (QED) is 0.699. The van der Waals surface area contributed by atoms with Crippen molar-refractivity contribution in [2.24, 2.45) is 0 Å². The van der Waals surface area contributed by atoms with Crippen LogP contribution in [0.1, 0.15) is 27.7 Å². The van der Waals surface area contributed by atoms with Crippen molar-refractivity contribution in [3.8, 4) is 0 Å². The highest BCUT2D eigenvalue weighted by Crippen LogP contribution is 2.44. The molecule has 3 saturated heterocycles. The number of aliphatic hydroxyl groups is 1. The number of aliphatic hydroxyl groups excluding tert-OH is 1. The largest absolute Gasteiger partial charge is 0.388 e. The first-order valence-electron chi connectivity index (χ1n) is 6.69. The van der Waals surface area contributed by atoms with Crippen molar-refractivity contribution >= 4 is 0 Å². The van der Waals surface area contributed by atoms with E-state index in [0.29, 0.717) is 13.2 Å². The Labute approximate surface area is 112 Å². The van der Waals surface area contributed by atoms with Gasteiger partial charge < -0.3 is 28.8 Å². The van der Waals surface area contributed by atoms with Gasteiger partial charge in [0.15, 0.2) is 11.6 Å². The molecular formula is C13H22O6. The molecule has 19 heavy (non-hydrogen) atoms. The zero-order chi connectivity index (χ0) is 13.9. The molecule has 4 unspecified atom stereocenters. The van der Waals surface area contributed by atoms with E-state index in [9.17, 15) is 5.11 Å². The molecule has 0 radical (unpaired) electrons. The Balaban J connectivity index is 1.82. The molecule has 3 aliphatic heterocycles. The Bertz CT molecular complexity index is 362. The van der Waals surface area contributed by atoms with Gasteiger partial charge in [0.25, 0.3) is 0 Å². The van der Waals surface area contributed by atoms with Gasteiger partial charge in [-0.3, -0.25) is 0 Å². The van der Waals surface area contributed by atoms with Gasteiger partial charge in [0, 0.05) is 0 Å². The first-order valence-corrected chi connectivity index (χ1v) is 6.69. The summed E-state index contributed by atoms with van der Waals surface area (Å²) in [6.07, 6.45) is -1.56. The average Bonchev–Trinajstić information content (AvgIpc) is 3.07. The van der Waals surface area contributed by atoms with Gasteiger partial charge in [-0.1, -0.05) is 0 Å². The van der Waals surface area contributed by atoms with Crippen LogP contribution in [0.3, 0.4) is 0 Å². The summed E-state index contributed by atoms with van der Waals surface area (Å²) in [4.78, 5) is 0. The van der Waals surface area contributed by atoms with E-state index >= 15 is 0 Å². The lowest BCUT2D eigenvalue weighted by Crippen LogP contribution is -2.63. The molecule has 110 valence electrons. The zero-order valence-corrected chi connectivity index (χ0v) is 11.8. The lowest BCUT2D eigenvalue weighted by atomic mass is 9.93. The van der Waals surface area contributed by atoms with Crippen LogP contribution in [0.15, 0.2) is 0 Å². The Morgan fingerprint density at radius 3 is 2.11 bits per heavy atom. The zero-order valence-electron chi connectivity index (χ0n) is 11.8. The SMILES string of the molecule is CC1(C)OCC(O)C(C2OC(C)(C)OCC23CO3)O1. The molecule has 0 aliphatic carbocycles. The van der Waals surface area contributed by atoms with E-state index in [0.717, 1.165) is 0 Å². The van der Waals surface area contributed by atoms with Gasteiger partial charge in [-0.25, -0.2) is 0 Å². The lowest BCUT2D eigenvalue weighted by molar-refractivity contribution is -0.367. The highest BCUT2D eigenvalue weighted by atomic mass is 16.8. The van der Waals surface area contributed by atoms with Crippen LogP contribution in [0.5, 0.6) is 0 Å². The second kappa shape index (κ2) is 4.13. The molecule has 4 atom stereocenters. The van der Waals surface area contributed by atoms with Gasteiger partial charge in [-0.15, -0.1) is 0 Å². The molecular weight excluding hydrogens is 252 g/mol. The summed E-state index contributed by atoms with van der Waals surface area (Å²) in [6.45, 7) is 8.63. The Kier molecular flexibility index (Phi) is 2.98. The van der Waals surface area contributed by atoms with Crippen molar-refractivity contribution < 1.29 is 28.8 Å². The molecule has 0 amide bonds.